The van der Waals surface area contributed by atoms with E-state index in [2.05, 4.69) is 10.6 Å². The first-order valence-corrected chi connectivity index (χ1v) is 7.91. The zero-order valence-corrected chi connectivity index (χ0v) is 14.7. The maximum absolute atomic E-state index is 11.9. The van der Waals surface area contributed by atoms with Gasteiger partial charge in [0.1, 0.15) is 5.76 Å². The Hall–Kier alpha value is -2.67. The summed E-state index contributed by atoms with van der Waals surface area (Å²) in [6.45, 7) is 2.07. The largest absolute Gasteiger partial charge is 0.493 e. The number of methoxy groups -OCH3 is 2. The number of aliphatic hydroxyl groups is 1. The molecule has 0 bridgehead atoms. The van der Waals surface area contributed by atoms with Gasteiger partial charge in [-0.05, 0) is 36.8 Å². The summed E-state index contributed by atoms with van der Waals surface area (Å²) in [6.07, 6.45) is 1.87. The van der Waals surface area contributed by atoms with Crippen LogP contribution in [0.1, 0.15) is 18.2 Å². The minimum atomic E-state index is -1.10. The summed E-state index contributed by atoms with van der Waals surface area (Å²) < 4.78 is 15.6. The molecule has 1 heterocycles. The molecule has 1 aromatic carbocycles. The van der Waals surface area contributed by atoms with E-state index in [4.69, 9.17) is 13.9 Å². The highest BCUT2D eigenvalue weighted by Gasteiger charge is 2.23. The van der Waals surface area contributed by atoms with Crippen LogP contribution in [0.2, 0.25) is 0 Å². The Morgan fingerprint density at radius 1 is 1.20 bits per heavy atom. The third-order valence-corrected chi connectivity index (χ3v) is 3.67. The van der Waals surface area contributed by atoms with Crippen LogP contribution < -0.4 is 20.1 Å². The summed E-state index contributed by atoms with van der Waals surface area (Å²) in [4.78, 5) is 11.9. The Balaban J connectivity index is 1.80. The second-order valence-corrected chi connectivity index (χ2v) is 5.98. The first-order chi connectivity index (χ1) is 11.9. The van der Waals surface area contributed by atoms with Gasteiger partial charge in [0.15, 0.2) is 11.5 Å². The molecular formula is C18H24N2O5. The molecule has 2 aromatic rings. The highest BCUT2D eigenvalue weighted by Crippen LogP contribution is 2.27. The van der Waals surface area contributed by atoms with Gasteiger partial charge >= 0.3 is 6.03 Å². The predicted octanol–water partition coefficient (Wildman–Crippen LogP) is 2.09. The molecule has 0 radical (unpaired) electrons. The lowest BCUT2D eigenvalue weighted by Gasteiger charge is -2.22. The quantitative estimate of drug-likeness (QED) is 0.679. The molecule has 1 unspecified atom stereocenters. The van der Waals surface area contributed by atoms with Crippen molar-refractivity contribution >= 4 is 6.03 Å². The summed E-state index contributed by atoms with van der Waals surface area (Å²) in [5.74, 6) is 1.89. The van der Waals surface area contributed by atoms with E-state index in [1.807, 2.05) is 6.07 Å². The lowest BCUT2D eigenvalue weighted by atomic mass is 10.0. The number of amides is 2. The summed E-state index contributed by atoms with van der Waals surface area (Å²) in [6, 6.07) is 8.60. The molecule has 0 saturated heterocycles. The fourth-order valence-electron chi connectivity index (χ4n) is 2.36. The van der Waals surface area contributed by atoms with Crippen molar-refractivity contribution in [3.8, 4) is 11.5 Å². The molecule has 1 aromatic heterocycles. The molecule has 25 heavy (non-hydrogen) atoms. The van der Waals surface area contributed by atoms with Gasteiger partial charge in [0.25, 0.3) is 0 Å². The third-order valence-electron chi connectivity index (χ3n) is 3.67. The Morgan fingerprint density at radius 2 is 1.96 bits per heavy atom. The van der Waals surface area contributed by atoms with E-state index >= 15 is 0 Å². The lowest BCUT2D eigenvalue weighted by molar-refractivity contribution is 0.0571. The van der Waals surface area contributed by atoms with Crippen LogP contribution in [0.3, 0.4) is 0 Å². The van der Waals surface area contributed by atoms with Crippen LogP contribution in [0, 0.1) is 0 Å². The highest BCUT2D eigenvalue weighted by molar-refractivity contribution is 5.73. The second-order valence-electron chi connectivity index (χ2n) is 5.98. The van der Waals surface area contributed by atoms with Crippen LogP contribution in [0.4, 0.5) is 4.79 Å². The van der Waals surface area contributed by atoms with Gasteiger partial charge in [-0.2, -0.15) is 0 Å². The third kappa shape index (κ3) is 5.72. The Morgan fingerprint density at radius 3 is 2.60 bits per heavy atom. The standard InChI is InChI=1S/C18H24N2O5/c1-18(22,10-14-5-4-8-25-14)12-20-17(21)19-11-13-6-7-15(23-2)16(9-13)24-3/h4-9,22H,10-12H2,1-3H3,(H2,19,20,21). The Bertz CT molecular complexity index is 683. The fourth-order valence-corrected chi connectivity index (χ4v) is 2.36. The predicted molar refractivity (Wildman–Crippen MR) is 92.8 cm³/mol. The van der Waals surface area contributed by atoms with E-state index in [0.717, 1.165) is 5.56 Å². The van der Waals surface area contributed by atoms with Crippen molar-refractivity contribution in [3.05, 3.63) is 47.9 Å². The number of carbonyl (C=O) groups excluding carboxylic acids is 1. The van der Waals surface area contributed by atoms with Crippen LogP contribution in [-0.2, 0) is 13.0 Å². The van der Waals surface area contributed by atoms with Crippen LogP contribution in [0.25, 0.3) is 0 Å². The molecule has 1 atom stereocenters. The fraction of sp³-hybridized carbons (Fsp3) is 0.389. The first-order valence-electron chi connectivity index (χ1n) is 7.91. The van der Waals surface area contributed by atoms with E-state index in [9.17, 15) is 9.90 Å². The number of nitrogens with one attached hydrogen (secondary N) is 2. The SMILES string of the molecule is COc1ccc(CNC(=O)NCC(C)(O)Cc2ccco2)cc1OC. The summed E-state index contributed by atoms with van der Waals surface area (Å²) in [5.41, 5.74) is -0.228. The molecule has 0 aliphatic rings. The second kappa shape index (κ2) is 8.43. The van der Waals surface area contributed by atoms with E-state index < -0.39 is 5.60 Å². The van der Waals surface area contributed by atoms with Gasteiger partial charge in [-0.3, -0.25) is 0 Å². The zero-order valence-electron chi connectivity index (χ0n) is 14.7. The lowest BCUT2D eigenvalue weighted by Crippen LogP contribution is -2.45. The number of carbonyl (C=O) groups is 1. The van der Waals surface area contributed by atoms with Gasteiger partial charge in [-0.1, -0.05) is 6.07 Å². The minimum absolute atomic E-state index is 0.103. The molecule has 2 rings (SSSR count). The van der Waals surface area contributed by atoms with Gasteiger partial charge in [0, 0.05) is 19.5 Å². The van der Waals surface area contributed by atoms with Crippen molar-refractivity contribution in [3.63, 3.8) is 0 Å². The molecule has 0 saturated carbocycles. The topological polar surface area (TPSA) is 93.0 Å². The van der Waals surface area contributed by atoms with Gasteiger partial charge in [0.05, 0.1) is 26.1 Å². The Kier molecular flexibility index (Phi) is 6.30. The van der Waals surface area contributed by atoms with E-state index in [1.54, 1.807) is 51.7 Å². The van der Waals surface area contributed by atoms with Crippen molar-refractivity contribution < 1.29 is 23.8 Å². The number of benzene rings is 1. The Labute approximate surface area is 146 Å². The van der Waals surface area contributed by atoms with Crippen LogP contribution in [-0.4, -0.2) is 37.5 Å². The van der Waals surface area contributed by atoms with E-state index in [1.165, 1.54) is 0 Å². The van der Waals surface area contributed by atoms with Gasteiger partial charge < -0.3 is 29.6 Å². The summed E-state index contributed by atoms with van der Waals surface area (Å²) in [7, 11) is 3.13. The molecule has 0 aliphatic carbocycles. The average Bonchev–Trinajstić information content (AvgIpc) is 3.10. The number of ether oxygens (including phenoxy) is 2. The van der Waals surface area contributed by atoms with Gasteiger partial charge in [0.2, 0.25) is 0 Å². The van der Waals surface area contributed by atoms with Crippen molar-refractivity contribution in [2.75, 3.05) is 20.8 Å². The van der Waals surface area contributed by atoms with Gasteiger partial charge in [-0.15, -0.1) is 0 Å². The summed E-state index contributed by atoms with van der Waals surface area (Å²) >= 11 is 0. The maximum Gasteiger partial charge on any atom is 0.315 e. The van der Waals surface area contributed by atoms with E-state index in [-0.39, 0.29) is 12.6 Å². The maximum atomic E-state index is 11.9. The highest BCUT2D eigenvalue weighted by atomic mass is 16.5. The number of furan rings is 1. The van der Waals surface area contributed by atoms with E-state index in [0.29, 0.717) is 30.2 Å². The van der Waals surface area contributed by atoms with Crippen molar-refractivity contribution in [2.45, 2.75) is 25.5 Å². The van der Waals surface area contributed by atoms with Crippen LogP contribution >= 0.6 is 0 Å². The number of rotatable bonds is 8. The van der Waals surface area contributed by atoms with Crippen LogP contribution in [0.15, 0.2) is 41.0 Å². The minimum Gasteiger partial charge on any atom is -0.493 e. The van der Waals surface area contributed by atoms with Crippen molar-refractivity contribution in [1.82, 2.24) is 10.6 Å². The average molecular weight is 348 g/mol. The van der Waals surface area contributed by atoms with Crippen molar-refractivity contribution in [2.24, 2.45) is 0 Å². The molecule has 136 valence electrons. The summed E-state index contributed by atoms with van der Waals surface area (Å²) in [5, 5.41) is 15.7. The number of urea groups is 1. The molecule has 0 fully saturated rings. The molecule has 3 N–H and O–H groups in total. The molecule has 0 aliphatic heterocycles. The van der Waals surface area contributed by atoms with Gasteiger partial charge in [-0.25, -0.2) is 4.79 Å². The van der Waals surface area contributed by atoms with Crippen LogP contribution in [0.5, 0.6) is 11.5 Å². The molecule has 2 amide bonds. The smallest absolute Gasteiger partial charge is 0.315 e. The zero-order chi connectivity index (χ0) is 18.3. The number of hydrogen-bond acceptors (Lipinski definition) is 5. The normalized spacial score (nSPS) is 13.0. The molecular weight excluding hydrogens is 324 g/mol. The number of hydrogen-bond donors (Lipinski definition) is 3. The molecule has 7 heteroatoms. The first kappa shape index (κ1) is 18.7. The van der Waals surface area contributed by atoms with Crippen molar-refractivity contribution in [1.29, 1.82) is 0 Å². The monoisotopic (exact) mass is 348 g/mol. The molecule has 7 nitrogen and oxygen atoms in total. The molecule has 0 spiro atoms.